The Labute approximate surface area is 170 Å². The first-order chi connectivity index (χ1) is 14.0. The van der Waals surface area contributed by atoms with Crippen LogP contribution in [0.15, 0.2) is 18.2 Å². The Morgan fingerprint density at radius 1 is 1.28 bits per heavy atom. The summed E-state index contributed by atoms with van der Waals surface area (Å²) in [5.41, 5.74) is 2.12. The van der Waals surface area contributed by atoms with Gasteiger partial charge in [0.05, 0.1) is 6.04 Å². The van der Waals surface area contributed by atoms with Crippen LogP contribution in [0.5, 0.6) is 0 Å². The molecule has 1 unspecified atom stereocenters. The number of carbonyl (C=O) groups is 4. The van der Waals surface area contributed by atoms with Gasteiger partial charge in [-0.15, -0.1) is 0 Å². The highest BCUT2D eigenvalue weighted by molar-refractivity contribution is 6.00. The summed E-state index contributed by atoms with van der Waals surface area (Å²) < 4.78 is 0. The maximum absolute atomic E-state index is 12.7. The lowest BCUT2D eigenvalue weighted by atomic mass is 10.0. The number of carboxylic acid groups (broad SMARTS) is 1. The van der Waals surface area contributed by atoms with Crippen LogP contribution in [0.25, 0.3) is 0 Å². The second kappa shape index (κ2) is 11.0. The average Bonchev–Trinajstić information content (AvgIpc) is 3.04. The first-order valence-corrected chi connectivity index (χ1v) is 9.77. The van der Waals surface area contributed by atoms with E-state index in [0.29, 0.717) is 24.9 Å². The number of fused-ring (bicyclic) bond motifs is 1. The molecule has 2 N–H and O–H groups in total. The third-order valence-electron chi connectivity index (χ3n) is 4.91. The molecule has 0 bridgehead atoms. The van der Waals surface area contributed by atoms with Gasteiger partial charge in [0.15, 0.2) is 0 Å². The Bertz CT molecular complexity index is 837. The Balaban J connectivity index is 2.01. The van der Waals surface area contributed by atoms with E-state index in [9.17, 15) is 19.2 Å². The zero-order valence-corrected chi connectivity index (χ0v) is 16.6. The Morgan fingerprint density at radius 3 is 2.76 bits per heavy atom. The van der Waals surface area contributed by atoms with Crippen molar-refractivity contribution in [1.82, 2.24) is 10.2 Å². The van der Waals surface area contributed by atoms with Crippen molar-refractivity contribution in [3.8, 4) is 11.8 Å². The Hall–Kier alpha value is -3.14. The maximum atomic E-state index is 12.7. The molecule has 1 atom stereocenters. The van der Waals surface area contributed by atoms with E-state index in [1.54, 1.807) is 12.1 Å². The van der Waals surface area contributed by atoms with Crippen molar-refractivity contribution < 1.29 is 24.3 Å². The molecule has 1 aliphatic heterocycles. The molecule has 1 heterocycles. The summed E-state index contributed by atoms with van der Waals surface area (Å²) in [5, 5.41) is 11.1. The van der Waals surface area contributed by atoms with Crippen molar-refractivity contribution in [3.63, 3.8) is 0 Å². The van der Waals surface area contributed by atoms with E-state index in [-0.39, 0.29) is 31.1 Å². The normalized spacial score (nSPS) is 13.3. The quantitative estimate of drug-likeness (QED) is 0.357. The van der Waals surface area contributed by atoms with Crippen LogP contribution in [0.3, 0.4) is 0 Å². The number of carboxylic acids is 1. The number of benzene rings is 1. The fourth-order valence-electron chi connectivity index (χ4n) is 3.26. The second-order valence-electron chi connectivity index (χ2n) is 6.94. The molecule has 0 spiro atoms. The Kier molecular flexibility index (Phi) is 8.41. The van der Waals surface area contributed by atoms with Gasteiger partial charge in [-0.1, -0.05) is 24.3 Å². The van der Waals surface area contributed by atoms with Crippen molar-refractivity contribution in [2.75, 3.05) is 7.05 Å². The van der Waals surface area contributed by atoms with Crippen LogP contribution in [0.2, 0.25) is 0 Å². The summed E-state index contributed by atoms with van der Waals surface area (Å²) in [7, 11) is 1.53. The van der Waals surface area contributed by atoms with Crippen LogP contribution >= 0.6 is 0 Å². The van der Waals surface area contributed by atoms with Crippen LogP contribution in [0.1, 0.15) is 66.4 Å². The molecule has 1 aliphatic rings. The SMILES string of the molecule is CNC(=O)CCC(C=O)N1Cc2c(C#CCCCCCC(=O)O)cccc2C1=O. The number of aldehydes is 1. The molecular weight excluding hydrogens is 372 g/mol. The highest BCUT2D eigenvalue weighted by Crippen LogP contribution is 2.28. The molecule has 7 nitrogen and oxygen atoms in total. The minimum atomic E-state index is -0.783. The Morgan fingerprint density at radius 2 is 2.07 bits per heavy atom. The van der Waals surface area contributed by atoms with Crippen molar-refractivity contribution >= 4 is 24.1 Å². The smallest absolute Gasteiger partial charge is 0.303 e. The van der Waals surface area contributed by atoms with Crippen LogP contribution in [0, 0.1) is 11.8 Å². The number of nitrogens with zero attached hydrogens (tertiary/aromatic N) is 1. The molecule has 1 aromatic rings. The number of nitrogens with one attached hydrogen (secondary N) is 1. The van der Waals surface area contributed by atoms with Gasteiger partial charge in [0.2, 0.25) is 5.91 Å². The van der Waals surface area contributed by atoms with E-state index in [2.05, 4.69) is 17.2 Å². The lowest BCUT2D eigenvalue weighted by Crippen LogP contribution is -2.37. The molecule has 2 rings (SSSR count). The monoisotopic (exact) mass is 398 g/mol. The molecule has 154 valence electrons. The van der Waals surface area contributed by atoms with Crippen molar-refractivity contribution in [2.45, 2.75) is 57.5 Å². The molecule has 2 amide bonds. The third kappa shape index (κ3) is 6.18. The maximum Gasteiger partial charge on any atom is 0.303 e. The summed E-state index contributed by atoms with van der Waals surface area (Å²) in [4.78, 5) is 47.7. The van der Waals surface area contributed by atoms with Crippen molar-refractivity contribution in [1.29, 1.82) is 0 Å². The van der Waals surface area contributed by atoms with Crippen molar-refractivity contribution in [2.24, 2.45) is 0 Å². The zero-order chi connectivity index (χ0) is 21.2. The van der Waals surface area contributed by atoms with Gasteiger partial charge < -0.3 is 20.1 Å². The van der Waals surface area contributed by atoms with Gasteiger partial charge >= 0.3 is 5.97 Å². The number of hydrogen-bond acceptors (Lipinski definition) is 4. The van der Waals surface area contributed by atoms with E-state index in [1.807, 2.05) is 6.07 Å². The topological polar surface area (TPSA) is 104 Å². The summed E-state index contributed by atoms with van der Waals surface area (Å²) in [6, 6.07) is 4.71. The summed E-state index contributed by atoms with van der Waals surface area (Å²) >= 11 is 0. The van der Waals surface area contributed by atoms with Gasteiger partial charge in [0.25, 0.3) is 5.91 Å². The fourth-order valence-corrected chi connectivity index (χ4v) is 3.26. The third-order valence-corrected chi connectivity index (χ3v) is 4.91. The second-order valence-corrected chi connectivity index (χ2v) is 6.94. The van der Waals surface area contributed by atoms with Crippen LogP contribution < -0.4 is 5.32 Å². The zero-order valence-electron chi connectivity index (χ0n) is 16.6. The highest BCUT2D eigenvalue weighted by atomic mass is 16.4. The number of unbranched alkanes of at least 4 members (excludes halogenated alkanes) is 3. The van der Waals surface area contributed by atoms with Gasteiger partial charge in [0.1, 0.15) is 6.29 Å². The first kappa shape index (κ1) is 22.2. The molecule has 0 fully saturated rings. The summed E-state index contributed by atoms with van der Waals surface area (Å²) in [6.07, 6.45) is 4.29. The molecular formula is C22H26N2O5. The number of hydrogen-bond donors (Lipinski definition) is 2. The van der Waals surface area contributed by atoms with E-state index < -0.39 is 12.0 Å². The molecule has 0 aromatic heterocycles. The first-order valence-electron chi connectivity index (χ1n) is 9.77. The minimum Gasteiger partial charge on any atom is -0.481 e. The molecule has 0 saturated heterocycles. The van der Waals surface area contributed by atoms with Gasteiger partial charge in [-0.3, -0.25) is 14.4 Å². The standard InChI is InChI=1S/C22H26N2O5/c1-23-20(26)13-12-17(15-25)24-14-19-16(9-7-10-18(19)22(24)29)8-5-3-2-4-6-11-21(27)28/h7,9-10,15,17H,2-4,6,11-14H2,1H3,(H,23,26)(H,27,28). The van der Waals surface area contributed by atoms with Gasteiger partial charge in [-0.05, 0) is 37.0 Å². The minimum absolute atomic E-state index is 0.170. The number of carbonyl (C=O) groups excluding carboxylic acids is 3. The van der Waals surface area contributed by atoms with E-state index >= 15 is 0 Å². The van der Waals surface area contributed by atoms with Crippen molar-refractivity contribution in [3.05, 3.63) is 34.9 Å². The van der Waals surface area contributed by atoms with E-state index in [1.165, 1.54) is 11.9 Å². The fraction of sp³-hybridized carbons (Fsp3) is 0.455. The number of rotatable bonds is 10. The van der Waals surface area contributed by atoms with Crippen LogP contribution in [0.4, 0.5) is 0 Å². The average molecular weight is 398 g/mol. The van der Waals surface area contributed by atoms with Gasteiger partial charge in [-0.25, -0.2) is 0 Å². The van der Waals surface area contributed by atoms with E-state index in [0.717, 1.165) is 30.3 Å². The molecule has 29 heavy (non-hydrogen) atoms. The molecule has 0 radical (unpaired) electrons. The number of amides is 2. The van der Waals surface area contributed by atoms with Gasteiger partial charge in [0, 0.05) is 44.0 Å². The lowest BCUT2D eigenvalue weighted by molar-refractivity contribution is -0.137. The molecule has 1 aromatic carbocycles. The molecule has 7 heteroatoms. The van der Waals surface area contributed by atoms with E-state index in [4.69, 9.17) is 5.11 Å². The lowest BCUT2D eigenvalue weighted by Gasteiger charge is -2.22. The predicted molar refractivity (Wildman–Crippen MR) is 107 cm³/mol. The number of aliphatic carboxylic acids is 1. The summed E-state index contributed by atoms with van der Waals surface area (Å²) in [5.74, 6) is 5.02. The summed E-state index contributed by atoms with van der Waals surface area (Å²) in [6.45, 7) is 0.300. The largest absolute Gasteiger partial charge is 0.481 e. The predicted octanol–water partition coefficient (Wildman–Crippen LogP) is 2.12. The molecule has 0 aliphatic carbocycles. The van der Waals surface area contributed by atoms with Gasteiger partial charge in [-0.2, -0.15) is 0 Å². The highest BCUT2D eigenvalue weighted by Gasteiger charge is 2.33. The van der Waals surface area contributed by atoms with Crippen LogP contribution in [-0.4, -0.2) is 47.2 Å². The molecule has 0 saturated carbocycles. The van der Waals surface area contributed by atoms with Crippen LogP contribution in [-0.2, 0) is 20.9 Å².